The van der Waals surface area contributed by atoms with Crippen LogP contribution in [-0.2, 0) is 0 Å². The first kappa shape index (κ1) is 11.4. The number of hydrogen-bond donors (Lipinski definition) is 1. The lowest BCUT2D eigenvalue weighted by molar-refractivity contribution is 0.131. The molecule has 0 bridgehead atoms. The predicted molar refractivity (Wildman–Crippen MR) is 65.0 cm³/mol. The topological polar surface area (TPSA) is 15.3 Å². The first-order valence-corrected chi connectivity index (χ1v) is 6.79. The minimum Gasteiger partial charge on any atom is -0.314 e. The number of nitrogens with one attached hydrogen (secondary N) is 1. The molecule has 0 aromatic rings. The van der Waals surface area contributed by atoms with Crippen LogP contribution in [0.3, 0.4) is 0 Å². The highest BCUT2D eigenvalue weighted by Gasteiger charge is 2.30. The molecule has 1 saturated carbocycles. The third-order valence-corrected chi connectivity index (χ3v) is 4.02. The first-order valence-electron chi connectivity index (χ1n) is 6.79. The van der Waals surface area contributed by atoms with Crippen LogP contribution in [-0.4, -0.2) is 37.1 Å². The largest absolute Gasteiger partial charge is 0.314 e. The van der Waals surface area contributed by atoms with E-state index in [9.17, 15) is 0 Å². The molecule has 2 nitrogen and oxygen atoms in total. The molecule has 2 aliphatic rings. The molecular weight excluding hydrogens is 184 g/mol. The SMILES string of the molecule is CCNC1CCN(CC2CC2)CC1CC. The summed E-state index contributed by atoms with van der Waals surface area (Å²) in [6.07, 6.45) is 5.67. The quantitative estimate of drug-likeness (QED) is 0.747. The number of piperidine rings is 1. The second-order valence-corrected chi connectivity index (χ2v) is 5.32. The zero-order valence-corrected chi connectivity index (χ0v) is 10.3. The monoisotopic (exact) mass is 210 g/mol. The number of rotatable bonds is 5. The van der Waals surface area contributed by atoms with Crippen molar-refractivity contribution in [1.29, 1.82) is 0 Å². The van der Waals surface area contributed by atoms with Crippen molar-refractivity contribution < 1.29 is 0 Å². The number of hydrogen-bond acceptors (Lipinski definition) is 2. The van der Waals surface area contributed by atoms with Gasteiger partial charge >= 0.3 is 0 Å². The molecule has 0 amide bonds. The highest BCUT2D eigenvalue weighted by molar-refractivity contribution is 4.87. The van der Waals surface area contributed by atoms with E-state index in [4.69, 9.17) is 0 Å². The Hall–Kier alpha value is -0.0800. The van der Waals surface area contributed by atoms with Gasteiger partial charge < -0.3 is 10.2 Å². The van der Waals surface area contributed by atoms with Crippen LogP contribution in [0.5, 0.6) is 0 Å². The van der Waals surface area contributed by atoms with Gasteiger partial charge in [0.25, 0.3) is 0 Å². The van der Waals surface area contributed by atoms with Crippen LogP contribution in [0.1, 0.15) is 39.5 Å². The van der Waals surface area contributed by atoms with E-state index < -0.39 is 0 Å². The standard InChI is InChI=1S/C13H26N2/c1-3-12-10-15(9-11-5-6-11)8-7-13(12)14-4-2/h11-14H,3-10H2,1-2H3. The second kappa shape index (κ2) is 5.31. The third-order valence-electron chi connectivity index (χ3n) is 4.02. The lowest BCUT2D eigenvalue weighted by atomic mass is 9.89. The summed E-state index contributed by atoms with van der Waals surface area (Å²) in [5.41, 5.74) is 0. The molecule has 2 atom stereocenters. The van der Waals surface area contributed by atoms with Crippen LogP contribution < -0.4 is 5.32 Å². The van der Waals surface area contributed by atoms with E-state index in [-0.39, 0.29) is 0 Å². The smallest absolute Gasteiger partial charge is 0.0119 e. The van der Waals surface area contributed by atoms with E-state index in [0.29, 0.717) is 0 Å². The van der Waals surface area contributed by atoms with Gasteiger partial charge in [0.05, 0.1) is 0 Å². The van der Waals surface area contributed by atoms with Crippen LogP contribution >= 0.6 is 0 Å². The van der Waals surface area contributed by atoms with Crippen molar-refractivity contribution in [3.63, 3.8) is 0 Å². The Morgan fingerprint density at radius 3 is 2.60 bits per heavy atom. The van der Waals surface area contributed by atoms with Gasteiger partial charge in [-0.05, 0) is 44.2 Å². The molecule has 1 aliphatic carbocycles. The average molecular weight is 210 g/mol. The zero-order valence-electron chi connectivity index (χ0n) is 10.3. The molecule has 0 aromatic carbocycles. The molecule has 0 aromatic heterocycles. The summed E-state index contributed by atoms with van der Waals surface area (Å²) < 4.78 is 0. The fourth-order valence-corrected chi connectivity index (χ4v) is 2.88. The van der Waals surface area contributed by atoms with E-state index in [2.05, 4.69) is 24.1 Å². The van der Waals surface area contributed by atoms with E-state index in [1.54, 1.807) is 0 Å². The Labute approximate surface area is 94.4 Å². The van der Waals surface area contributed by atoms with Gasteiger partial charge in [0, 0.05) is 19.1 Å². The van der Waals surface area contributed by atoms with E-state index in [1.165, 1.54) is 45.3 Å². The molecule has 0 radical (unpaired) electrons. The van der Waals surface area contributed by atoms with Gasteiger partial charge in [-0.1, -0.05) is 20.3 Å². The van der Waals surface area contributed by atoms with Crippen molar-refractivity contribution in [3.8, 4) is 0 Å². The molecule has 2 unspecified atom stereocenters. The fourth-order valence-electron chi connectivity index (χ4n) is 2.88. The Morgan fingerprint density at radius 1 is 1.20 bits per heavy atom. The van der Waals surface area contributed by atoms with E-state index >= 15 is 0 Å². The summed E-state index contributed by atoms with van der Waals surface area (Å²) >= 11 is 0. The maximum Gasteiger partial charge on any atom is 0.0119 e. The van der Waals surface area contributed by atoms with Crippen LogP contribution in [0.25, 0.3) is 0 Å². The second-order valence-electron chi connectivity index (χ2n) is 5.32. The van der Waals surface area contributed by atoms with Crippen LogP contribution in [0, 0.1) is 11.8 Å². The molecule has 88 valence electrons. The highest BCUT2D eigenvalue weighted by atomic mass is 15.2. The van der Waals surface area contributed by atoms with Gasteiger partial charge in [0.1, 0.15) is 0 Å². The third kappa shape index (κ3) is 3.18. The summed E-state index contributed by atoms with van der Waals surface area (Å²) in [4.78, 5) is 2.71. The lowest BCUT2D eigenvalue weighted by Gasteiger charge is -2.38. The molecule has 2 fully saturated rings. The molecule has 1 heterocycles. The minimum atomic E-state index is 0.787. The van der Waals surface area contributed by atoms with Gasteiger partial charge in [0.15, 0.2) is 0 Å². The molecule has 2 rings (SSSR count). The first-order chi connectivity index (χ1) is 7.33. The fraction of sp³-hybridized carbons (Fsp3) is 1.00. The van der Waals surface area contributed by atoms with Crippen molar-refractivity contribution >= 4 is 0 Å². The van der Waals surface area contributed by atoms with Crippen molar-refractivity contribution in [2.75, 3.05) is 26.2 Å². The van der Waals surface area contributed by atoms with Crippen molar-refractivity contribution in [3.05, 3.63) is 0 Å². The van der Waals surface area contributed by atoms with Crippen LogP contribution in [0.4, 0.5) is 0 Å². The van der Waals surface area contributed by atoms with Crippen LogP contribution in [0.2, 0.25) is 0 Å². The number of nitrogens with zero attached hydrogens (tertiary/aromatic N) is 1. The maximum absolute atomic E-state index is 3.65. The van der Waals surface area contributed by atoms with Crippen molar-refractivity contribution in [1.82, 2.24) is 10.2 Å². The summed E-state index contributed by atoms with van der Waals surface area (Å²) in [7, 11) is 0. The van der Waals surface area contributed by atoms with Crippen molar-refractivity contribution in [2.24, 2.45) is 11.8 Å². The van der Waals surface area contributed by atoms with Gasteiger partial charge in [-0.3, -0.25) is 0 Å². The zero-order chi connectivity index (χ0) is 10.7. The Morgan fingerprint density at radius 2 is 2.00 bits per heavy atom. The van der Waals surface area contributed by atoms with Gasteiger partial charge in [-0.25, -0.2) is 0 Å². The Bertz CT molecular complexity index is 189. The molecule has 1 saturated heterocycles. The lowest BCUT2D eigenvalue weighted by Crippen LogP contribution is -2.49. The summed E-state index contributed by atoms with van der Waals surface area (Å²) in [5, 5.41) is 3.65. The molecule has 2 heteroatoms. The normalized spacial score (nSPS) is 33.2. The highest BCUT2D eigenvalue weighted by Crippen LogP contribution is 2.31. The predicted octanol–water partition coefficient (Wildman–Crippen LogP) is 2.11. The summed E-state index contributed by atoms with van der Waals surface area (Å²) in [6, 6.07) is 0.787. The average Bonchev–Trinajstić information content (AvgIpc) is 3.04. The van der Waals surface area contributed by atoms with E-state index in [0.717, 1.165) is 24.4 Å². The molecule has 1 N–H and O–H groups in total. The van der Waals surface area contributed by atoms with Gasteiger partial charge in [0.2, 0.25) is 0 Å². The Kier molecular flexibility index (Phi) is 4.04. The van der Waals surface area contributed by atoms with Gasteiger partial charge in [-0.15, -0.1) is 0 Å². The van der Waals surface area contributed by atoms with Crippen molar-refractivity contribution in [2.45, 2.75) is 45.6 Å². The molecule has 0 spiro atoms. The minimum absolute atomic E-state index is 0.787. The molecule has 1 aliphatic heterocycles. The summed E-state index contributed by atoms with van der Waals surface area (Å²) in [6.45, 7) is 9.74. The van der Waals surface area contributed by atoms with Crippen LogP contribution in [0.15, 0.2) is 0 Å². The Balaban J connectivity index is 1.78. The number of likely N-dealkylation sites (tertiary alicyclic amines) is 1. The molecule has 15 heavy (non-hydrogen) atoms. The molecular formula is C13H26N2. The van der Waals surface area contributed by atoms with E-state index in [1.807, 2.05) is 0 Å². The summed E-state index contributed by atoms with van der Waals surface area (Å²) in [5.74, 6) is 1.94. The maximum atomic E-state index is 3.65. The van der Waals surface area contributed by atoms with Gasteiger partial charge in [-0.2, -0.15) is 0 Å².